The highest BCUT2D eigenvalue weighted by Gasteiger charge is 2.04. The first-order chi connectivity index (χ1) is 12.1. The highest BCUT2D eigenvalue weighted by Crippen LogP contribution is 2.16. The molecule has 0 aliphatic heterocycles. The summed E-state index contributed by atoms with van der Waals surface area (Å²) in [5.74, 6) is 0.600. The second kappa shape index (κ2) is 9.32. The Kier molecular flexibility index (Phi) is 6.83. The number of nitrogens with one attached hydrogen (secondary N) is 3. The number of amides is 2. The van der Waals surface area contributed by atoms with Crippen LogP contribution >= 0.6 is 0 Å². The minimum atomic E-state index is -0.153. The molecule has 0 heterocycles. The molecule has 0 saturated carbocycles. The van der Waals surface area contributed by atoms with Crippen molar-refractivity contribution < 1.29 is 14.3 Å². The van der Waals surface area contributed by atoms with Crippen molar-refractivity contribution in [2.75, 3.05) is 29.1 Å². The van der Waals surface area contributed by atoms with Crippen molar-refractivity contribution in [1.29, 1.82) is 0 Å². The summed E-state index contributed by atoms with van der Waals surface area (Å²) in [6.45, 7) is 4.50. The molecule has 0 fully saturated rings. The molecule has 0 aliphatic carbocycles. The summed E-state index contributed by atoms with van der Waals surface area (Å²) >= 11 is 0. The molecular weight excluding hydrogens is 318 g/mol. The quantitative estimate of drug-likeness (QED) is 0.687. The van der Waals surface area contributed by atoms with E-state index in [1.54, 1.807) is 31.2 Å². The van der Waals surface area contributed by atoms with Gasteiger partial charge in [-0.1, -0.05) is 6.92 Å². The van der Waals surface area contributed by atoms with Crippen molar-refractivity contribution in [2.45, 2.75) is 20.3 Å². The summed E-state index contributed by atoms with van der Waals surface area (Å²) < 4.78 is 5.37. The van der Waals surface area contributed by atoms with E-state index in [0.29, 0.717) is 24.4 Å². The average molecular weight is 341 g/mol. The lowest BCUT2D eigenvalue weighted by atomic mass is 10.2. The molecule has 0 bridgehead atoms. The van der Waals surface area contributed by atoms with E-state index in [1.807, 2.05) is 31.2 Å². The van der Waals surface area contributed by atoms with Crippen LogP contribution in [0.5, 0.6) is 5.75 Å². The highest BCUT2D eigenvalue weighted by molar-refractivity contribution is 5.94. The SMILES string of the molecule is CCOc1ccc(NCC(=O)Nc2ccc(NC(=O)CC)cc2)cc1. The van der Waals surface area contributed by atoms with Gasteiger partial charge in [0.15, 0.2) is 0 Å². The third-order valence-corrected chi connectivity index (χ3v) is 3.39. The first kappa shape index (κ1) is 18.3. The van der Waals surface area contributed by atoms with Gasteiger partial charge in [-0.15, -0.1) is 0 Å². The second-order valence-electron chi connectivity index (χ2n) is 5.34. The molecule has 3 N–H and O–H groups in total. The Hall–Kier alpha value is -3.02. The summed E-state index contributed by atoms with van der Waals surface area (Å²) in [5, 5.41) is 8.61. The minimum absolute atomic E-state index is 0.0451. The van der Waals surface area contributed by atoms with Crippen molar-refractivity contribution in [3.05, 3.63) is 48.5 Å². The van der Waals surface area contributed by atoms with E-state index >= 15 is 0 Å². The third-order valence-electron chi connectivity index (χ3n) is 3.39. The van der Waals surface area contributed by atoms with E-state index in [2.05, 4.69) is 16.0 Å². The van der Waals surface area contributed by atoms with E-state index in [9.17, 15) is 9.59 Å². The van der Waals surface area contributed by atoms with E-state index in [-0.39, 0.29) is 18.4 Å². The van der Waals surface area contributed by atoms with Gasteiger partial charge in [-0.3, -0.25) is 9.59 Å². The Balaban J connectivity index is 1.80. The van der Waals surface area contributed by atoms with Gasteiger partial charge in [-0.25, -0.2) is 0 Å². The van der Waals surface area contributed by atoms with Gasteiger partial charge in [0.1, 0.15) is 5.75 Å². The van der Waals surface area contributed by atoms with Crippen molar-refractivity contribution >= 4 is 28.9 Å². The van der Waals surface area contributed by atoms with Crippen LogP contribution in [0, 0.1) is 0 Å². The number of carbonyl (C=O) groups excluding carboxylic acids is 2. The summed E-state index contributed by atoms with van der Waals surface area (Å²) in [5.41, 5.74) is 2.22. The number of hydrogen-bond donors (Lipinski definition) is 3. The number of hydrogen-bond acceptors (Lipinski definition) is 4. The maximum atomic E-state index is 12.0. The number of carbonyl (C=O) groups is 2. The summed E-state index contributed by atoms with van der Waals surface area (Å²) in [6, 6.07) is 14.4. The standard InChI is InChI=1S/C19H23N3O3/c1-3-18(23)21-15-5-7-16(8-6-15)22-19(24)13-20-14-9-11-17(12-10-14)25-4-2/h5-12,20H,3-4,13H2,1-2H3,(H,21,23)(H,22,24). The highest BCUT2D eigenvalue weighted by atomic mass is 16.5. The van der Waals surface area contributed by atoms with Crippen molar-refractivity contribution in [1.82, 2.24) is 0 Å². The Bertz CT molecular complexity index is 697. The lowest BCUT2D eigenvalue weighted by Gasteiger charge is -2.10. The number of rotatable bonds is 8. The minimum Gasteiger partial charge on any atom is -0.494 e. The van der Waals surface area contributed by atoms with Crippen LogP contribution in [0.3, 0.4) is 0 Å². The summed E-state index contributed by atoms with van der Waals surface area (Å²) in [6.07, 6.45) is 0.426. The maximum absolute atomic E-state index is 12.0. The fourth-order valence-corrected chi connectivity index (χ4v) is 2.11. The van der Waals surface area contributed by atoms with Crippen LogP contribution < -0.4 is 20.7 Å². The zero-order chi connectivity index (χ0) is 18.1. The molecule has 0 aliphatic rings. The zero-order valence-corrected chi connectivity index (χ0v) is 14.5. The Labute approximate surface area is 147 Å². The molecule has 6 heteroatoms. The van der Waals surface area contributed by atoms with Crippen molar-refractivity contribution in [3.63, 3.8) is 0 Å². The predicted molar refractivity (Wildman–Crippen MR) is 100 cm³/mol. The first-order valence-electron chi connectivity index (χ1n) is 8.27. The smallest absolute Gasteiger partial charge is 0.243 e. The molecule has 0 saturated heterocycles. The molecule has 6 nitrogen and oxygen atoms in total. The molecule has 2 amide bonds. The monoisotopic (exact) mass is 341 g/mol. The van der Waals surface area contributed by atoms with Crippen LogP contribution in [-0.2, 0) is 9.59 Å². The lowest BCUT2D eigenvalue weighted by molar-refractivity contribution is -0.116. The molecule has 2 rings (SSSR count). The van der Waals surface area contributed by atoms with Crippen LogP contribution in [0.4, 0.5) is 17.1 Å². The predicted octanol–water partition coefficient (Wildman–Crippen LogP) is 3.48. The fraction of sp³-hybridized carbons (Fsp3) is 0.263. The molecule has 0 atom stereocenters. The molecule has 2 aromatic rings. The Morgan fingerprint density at radius 2 is 1.32 bits per heavy atom. The van der Waals surface area contributed by atoms with Crippen LogP contribution in [0.1, 0.15) is 20.3 Å². The van der Waals surface area contributed by atoms with Crippen LogP contribution in [0.25, 0.3) is 0 Å². The van der Waals surface area contributed by atoms with Crippen LogP contribution in [0.15, 0.2) is 48.5 Å². The van der Waals surface area contributed by atoms with Gasteiger partial charge in [0.25, 0.3) is 0 Å². The largest absolute Gasteiger partial charge is 0.494 e. The topological polar surface area (TPSA) is 79.5 Å². The van der Waals surface area contributed by atoms with Gasteiger partial charge in [0, 0.05) is 23.5 Å². The average Bonchev–Trinajstić information content (AvgIpc) is 2.63. The number of anilines is 3. The molecule has 25 heavy (non-hydrogen) atoms. The van der Waals surface area contributed by atoms with Crippen molar-refractivity contribution in [3.8, 4) is 5.75 Å². The van der Waals surface area contributed by atoms with E-state index in [4.69, 9.17) is 4.74 Å². The first-order valence-corrected chi connectivity index (χ1v) is 8.27. The zero-order valence-electron chi connectivity index (χ0n) is 14.5. The second-order valence-corrected chi connectivity index (χ2v) is 5.34. The molecule has 0 unspecified atom stereocenters. The third kappa shape index (κ3) is 6.18. The lowest BCUT2D eigenvalue weighted by Crippen LogP contribution is -2.21. The van der Waals surface area contributed by atoms with Gasteiger partial charge in [0.2, 0.25) is 11.8 Å². The molecule has 2 aromatic carbocycles. The van der Waals surface area contributed by atoms with Gasteiger partial charge in [0.05, 0.1) is 13.2 Å². The van der Waals surface area contributed by atoms with Crippen LogP contribution in [0.2, 0.25) is 0 Å². The van der Waals surface area contributed by atoms with E-state index in [1.165, 1.54) is 0 Å². The van der Waals surface area contributed by atoms with Gasteiger partial charge in [-0.2, -0.15) is 0 Å². The summed E-state index contributed by atoms with van der Waals surface area (Å²) in [4.78, 5) is 23.3. The molecule has 0 radical (unpaired) electrons. The fourth-order valence-electron chi connectivity index (χ4n) is 2.11. The van der Waals surface area contributed by atoms with E-state index in [0.717, 1.165) is 11.4 Å². The Morgan fingerprint density at radius 3 is 1.84 bits per heavy atom. The Morgan fingerprint density at radius 1 is 0.800 bits per heavy atom. The molecule has 0 aromatic heterocycles. The maximum Gasteiger partial charge on any atom is 0.243 e. The summed E-state index contributed by atoms with van der Waals surface area (Å²) in [7, 11) is 0. The molecule has 0 spiro atoms. The van der Waals surface area contributed by atoms with Gasteiger partial charge >= 0.3 is 0 Å². The number of ether oxygens (including phenoxy) is 1. The normalized spacial score (nSPS) is 10.0. The number of benzene rings is 2. The van der Waals surface area contributed by atoms with Crippen molar-refractivity contribution in [2.24, 2.45) is 0 Å². The molecule has 132 valence electrons. The van der Waals surface area contributed by atoms with E-state index < -0.39 is 0 Å². The van der Waals surface area contributed by atoms with Crippen LogP contribution in [-0.4, -0.2) is 25.0 Å². The van der Waals surface area contributed by atoms with Gasteiger partial charge < -0.3 is 20.7 Å². The molecular formula is C19H23N3O3. The van der Waals surface area contributed by atoms with Gasteiger partial charge in [-0.05, 0) is 55.5 Å².